The Labute approximate surface area is 190 Å². The molecular weight excluding hydrogens is 380 g/mol. The number of allylic oxidation sites excluding steroid dienone is 1. The predicted octanol–water partition coefficient (Wildman–Crippen LogP) is 8.20. The molecule has 0 saturated heterocycles. The molecule has 3 nitrogen and oxygen atoms in total. The lowest BCUT2D eigenvalue weighted by Gasteiger charge is -2.08. The van der Waals surface area contributed by atoms with Gasteiger partial charge in [-0.05, 0) is 67.9 Å². The minimum atomic E-state index is 0.781. The SMILES string of the molecule is C=CCCCCCCCOc1ccc(-c2ncc(CCCCC[C@@H](C)CC)cn2)cc1. The minimum Gasteiger partial charge on any atom is -0.494 e. The van der Waals surface area contributed by atoms with E-state index >= 15 is 0 Å². The first-order valence-electron chi connectivity index (χ1n) is 12.4. The van der Waals surface area contributed by atoms with Crippen LogP contribution in [-0.4, -0.2) is 16.6 Å². The van der Waals surface area contributed by atoms with Crippen LogP contribution in [-0.2, 0) is 6.42 Å². The van der Waals surface area contributed by atoms with Gasteiger partial charge in [-0.3, -0.25) is 0 Å². The zero-order chi connectivity index (χ0) is 22.2. The van der Waals surface area contributed by atoms with Crippen molar-refractivity contribution in [2.24, 2.45) is 5.92 Å². The molecule has 2 rings (SSSR count). The van der Waals surface area contributed by atoms with Crippen LogP contribution in [0.3, 0.4) is 0 Å². The molecule has 0 spiro atoms. The lowest BCUT2D eigenvalue weighted by molar-refractivity contribution is 0.304. The number of nitrogens with zero attached hydrogens (tertiary/aromatic N) is 2. The molecule has 1 heterocycles. The number of aryl methyl sites for hydroxylation is 1. The average Bonchev–Trinajstić information content (AvgIpc) is 2.81. The maximum atomic E-state index is 5.87. The fourth-order valence-electron chi connectivity index (χ4n) is 3.65. The lowest BCUT2D eigenvalue weighted by Crippen LogP contribution is -1.97. The Hall–Kier alpha value is -2.16. The summed E-state index contributed by atoms with van der Waals surface area (Å²) in [5.41, 5.74) is 2.27. The Morgan fingerprint density at radius 3 is 2.29 bits per heavy atom. The topological polar surface area (TPSA) is 35.0 Å². The smallest absolute Gasteiger partial charge is 0.159 e. The highest BCUT2D eigenvalue weighted by Crippen LogP contribution is 2.20. The van der Waals surface area contributed by atoms with Crippen LogP contribution in [0.25, 0.3) is 11.4 Å². The molecule has 1 aromatic carbocycles. The number of hydrogen-bond acceptors (Lipinski definition) is 3. The Balaban J connectivity index is 1.66. The molecule has 170 valence electrons. The quantitative estimate of drug-likeness (QED) is 0.190. The van der Waals surface area contributed by atoms with E-state index in [2.05, 4.69) is 42.5 Å². The van der Waals surface area contributed by atoms with E-state index in [0.29, 0.717) is 0 Å². The molecule has 0 unspecified atom stereocenters. The van der Waals surface area contributed by atoms with Crippen molar-refractivity contribution >= 4 is 0 Å². The molecule has 0 radical (unpaired) electrons. The van der Waals surface area contributed by atoms with E-state index in [0.717, 1.165) is 48.9 Å². The first-order chi connectivity index (χ1) is 15.2. The first kappa shape index (κ1) is 25.1. The van der Waals surface area contributed by atoms with Crippen LogP contribution >= 0.6 is 0 Å². The molecule has 0 N–H and O–H groups in total. The zero-order valence-electron chi connectivity index (χ0n) is 19.8. The van der Waals surface area contributed by atoms with Crippen LogP contribution in [0, 0.1) is 5.92 Å². The summed E-state index contributed by atoms with van der Waals surface area (Å²) in [6, 6.07) is 8.14. The molecule has 3 heteroatoms. The van der Waals surface area contributed by atoms with Gasteiger partial charge in [0, 0.05) is 18.0 Å². The number of rotatable bonds is 17. The van der Waals surface area contributed by atoms with E-state index in [4.69, 9.17) is 4.74 Å². The van der Waals surface area contributed by atoms with Gasteiger partial charge in [-0.25, -0.2) is 9.97 Å². The zero-order valence-corrected chi connectivity index (χ0v) is 19.8. The van der Waals surface area contributed by atoms with Crippen molar-refractivity contribution in [2.75, 3.05) is 6.61 Å². The molecule has 0 bridgehead atoms. The Kier molecular flexibility index (Phi) is 12.6. The van der Waals surface area contributed by atoms with Gasteiger partial charge in [-0.15, -0.1) is 6.58 Å². The number of unbranched alkanes of at least 4 members (excludes halogenated alkanes) is 7. The van der Waals surface area contributed by atoms with E-state index < -0.39 is 0 Å². The van der Waals surface area contributed by atoms with Gasteiger partial charge >= 0.3 is 0 Å². The molecule has 0 amide bonds. The predicted molar refractivity (Wildman–Crippen MR) is 132 cm³/mol. The Morgan fingerprint density at radius 1 is 0.903 bits per heavy atom. The van der Waals surface area contributed by atoms with Crippen molar-refractivity contribution in [1.29, 1.82) is 0 Å². The number of benzene rings is 1. The van der Waals surface area contributed by atoms with Crippen LogP contribution in [0.5, 0.6) is 5.75 Å². The molecule has 1 aromatic heterocycles. The summed E-state index contributed by atoms with van der Waals surface area (Å²) >= 11 is 0. The van der Waals surface area contributed by atoms with Gasteiger partial charge in [-0.2, -0.15) is 0 Å². The summed E-state index contributed by atoms with van der Waals surface area (Å²) in [5.74, 6) is 2.56. The average molecular weight is 423 g/mol. The van der Waals surface area contributed by atoms with E-state index in [1.807, 2.05) is 30.6 Å². The van der Waals surface area contributed by atoms with Crippen LogP contribution in [0.4, 0.5) is 0 Å². The second-order valence-electron chi connectivity index (χ2n) is 8.75. The Morgan fingerprint density at radius 2 is 1.58 bits per heavy atom. The number of hydrogen-bond donors (Lipinski definition) is 0. The molecule has 1 atom stereocenters. The molecular formula is C28H42N2O. The van der Waals surface area contributed by atoms with Crippen LogP contribution in [0.2, 0.25) is 0 Å². The van der Waals surface area contributed by atoms with Crippen molar-refractivity contribution in [1.82, 2.24) is 9.97 Å². The fraction of sp³-hybridized carbons (Fsp3) is 0.571. The van der Waals surface area contributed by atoms with Crippen molar-refractivity contribution in [3.63, 3.8) is 0 Å². The largest absolute Gasteiger partial charge is 0.494 e. The summed E-state index contributed by atoms with van der Waals surface area (Å²) in [7, 11) is 0. The second kappa shape index (κ2) is 15.6. The molecule has 2 aromatic rings. The third kappa shape index (κ3) is 10.6. The van der Waals surface area contributed by atoms with E-state index in [-0.39, 0.29) is 0 Å². The summed E-state index contributed by atoms with van der Waals surface area (Å²) in [5, 5.41) is 0. The standard InChI is InChI=1S/C28H42N2O/c1-4-6-7-8-9-10-14-21-31-27-19-17-26(18-20-27)28-29-22-25(23-30-28)16-13-11-12-15-24(3)5-2/h4,17-20,22-24H,1,5-16,21H2,2-3H3/t24-/m0/s1. The number of ether oxygens (including phenoxy) is 1. The highest BCUT2D eigenvalue weighted by atomic mass is 16.5. The van der Waals surface area contributed by atoms with Gasteiger partial charge < -0.3 is 4.74 Å². The molecule has 0 aliphatic rings. The fourth-order valence-corrected chi connectivity index (χ4v) is 3.65. The highest BCUT2D eigenvalue weighted by molar-refractivity contribution is 5.55. The van der Waals surface area contributed by atoms with Crippen molar-refractivity contribution in [2.45, 2.75) is 90.9 Å². The van der Waals surface area contributed by atoms with Crippen LogP contribution in [0.15, 0.2) is 49.3 Å². The summed E-state index contributed by atoms with van der Waals surface area (Å²) in [6.45, 7) is 9.17. The van der Waals surface area contributed by atoms with Crippen LogP contribution < -0.4 is 4.74 Å². The van der Waals surface area contributed by atoms with Gasteiger partial charge in [0.2, 0.25) is 0 Å². The normalized spacial score (nSPS) is 11.9. The lowest BCUT2D eigenvalue weighted by atomic mass is 10.00. The van der Waals surface area contributed by atoms with Crippen molar-refractivity contribution in [3.8, 4) is 17.1 Å². The van der Waals surface area contributed by atoms with Gasteiger partial charge in [0.05, 0.1) is 6.61 Å². The molecule has 0 aliphatic carbocycles. The summed E-state index contributed by atoms with van der Waals surface area (Å²) in [4.78, 5) is 9.16. The third-order valence-corrected chi connectivity index (χ3v) is 6.00. The van der Waals surface area contributed by atoms with Gasteiger partial charge in [-0.1, -0.05) is 64.9 Å². The van der Waals surface area contributed by atoms with E-state index in [1.165, 1.54) is 63.4 Å². The highest BCUT2D eigenvalue weighted by Gasteiger charge is 2.04. The summed E-state index contributed by atoms with van der Waals surface area (Å²) < 4.78 is 5.87. The second-order valence-corrected chi connectivity index (χ2v) is 8.75. The van der Waals surface area contributed by atoms with Gasteiger partial charge in [0.15, 0.2) is 5.82 Å². The number of aromatic nitrogens is 2. The molecule has 31 heavy (non-hydrogen) atoms. The molecule has 0 aliphatic heterocycles. The van der Waals surface area contributed by atoms with Crippen LogP contribution in [0.1, 0.15) is 90.0 Å². The summed E-state index contributed by atoms with van der Waals surface area (Å²) in [6.07, 6.45) is 20.8. The first-order valence-corrected chi connectivity index (χ1v) is 12.4. The van der Waals surface area contributed by atoms with Crippen molar-refractivity contribution in [3.05, 3.63) is 54.9 Å². The minimum absolute atomic E-state index is 0.781. The van der Waals surface area contributed by atoms with E-state index in [1.54, 1.807) is 0 Å². The molecule has 0 fully saturated rings. The monoisotopic (exact) mass is 422 g/mol. The molecule has 0 saturated carbocycles. The van der Waals surface area contributed by atoms with Gasteiger partial charge in [0.25, 0.3) is 0 Å². The van der Waals surface area contributed by atoms with E-state index in [9.17, 15) is 0 Å². The third-order valence-electron chi connectivity index (χ3n) is 6.00. The Bertz CT molecular complexity index is 709. The van der Waals surface area contributed by atoms with Crippen molar-refractivity contribution < 1.29 is 4.74 Å². The maximum Gasteiger partial charge on any atom is 0.159 e. The maximum absolute atomic E-state index is 5.87. The van der Waals surface area contributed by atoms with Gasteiger partial charge in [0.1, 0.15) is 5.75 Å².